The van der Waals surface area contributed by atoms with Gasteiger partial charge in [0, 0.05) is 25.7 Å². The van der Waals surface area contributed by atoms with Crippen LogP contribution in [-0.2, 0) is 65.4 Å². The lowest BCUT2D eigenvalue weighted by atomic mass is 10.0. The van der Waals surface area contributed by atoms with Crippen molar-refractivity contribution in [3.63, 3.8) is 0 Å². The molecule has 0 saturated carbocycles. The van der Waals surface area contributed by atoms with Gasteiger partial charge in [0.15, 0.2) is 12.2 Å². The Kier molecular flexibility index (Phi) is 76.7. The topological polar surface area (TPSA) is 237 Å². The van der Waals surface area contributed by atoms with Crippen LogP contribution in [0.1, 0.15) is 458 Å². The fourth-order valence-electron chi connectivity index (χ4n) is 13.2. The Morgan fingerprint density at radius 3 is 0.573 bits per heavy atom. The molecule has 612 valence electrons. The van der Waals surface area contributed by atoms with Gasteiger partial charge in [0.2, 0.25) is 0 Å². The highest BCUT2D eigenvalue weighted by Crippen LogP contribution is 2.45. The molecule has 0 aromatic carbocycles. The van der Waals surface area contributed by atoms with E-state index in [9.17, 15) is 43.2 Å². The highest BCUT2D eigenvalue weighted by molar-refractivity contribution is 7.47. The Hall–Kier alpha value is -1.94. The summed E-state index contributed by atoms with van der Waals surface area (Å²) in [6.07, 6.45) is 72.8. The number of hydrogen-bond donors (Lipinski definition) is 3. The Bertz CT molecular complexity index is 1950. The fourth-order valence-corrected chi connectivity index (χ4v) is 14.7. The maximum atomic E-state index is 13.1. The van der Waals surface area contributed by atoms with E-state index in [2.05, 4.69) is 27.7 Å². The van der Waals surface area contributed by atoms with E-state index >= 15 is 0 Å². The van der Waals surface area contributed by atoms with E-state index in [-0.39, 0.29) is 25.7 Å². The SMILES string of the molecule is CCCCCCCCCCCCCCCCCCCCCCCC(=O)OC[C@H](COP(=O)(O)OC[C@@H](O)COP(=O)(O)OC[C@@H](COC(=O)CCCCCCC)OC(=O)CCCCCCCCCCCCCCCCCC)OC(=O)CCCCCCCCCCCCCCCCCCCCCCC. The average Bonchev–Trinajstić information content (AvgIpc) is 0.926. The van der Waals surface area contributed by atoms with Gasteiger partial charge in [-0.1, -0.05) is 407 Å². The minimum atomic E-state index is -4.96. The van der Waals surface area contributed by atoms with Crippen LogP contribution >= 0.6 is 15.6 Å². The average molecular weight is 1510 g/mol. The normalized spacial score (nSPS) is 13.7. The zero-order valence-corrected chi connectivity index (χ0v) is 69.1. The third-order valence-electron chi connectivity index (χ3n) is 19.9. The minimum Gasteiger partial charge on any atom is -0.462 e. The monoisotopic (exact) mass is 1510 g/mol. The molecule has 0 saturated heterocycles. The fraction of sp³-hybridized carbons (Fsp3) is 0.952. The lowest BCUT2D eigenvalue weighted by Crippen LogP contribution is -2.30. The molecule has 0 spiro atoms. The van der Waals surface area contributed by atoms with Gasteiger partial charge in [-0.25, -0.2) is 9.13 Å². The van der Waals surface area contributed by atoms with Crippen LogP contribution in [0.5, 0.6) is 0 Å². The molecular formula is C84H164O17P2. The molecule has 0 rings (SSSR count). The molecular weight excluding hydrogens is 1340 g/mol. The van der Waals surface area contributed by atoms with Crippen molar-refractivity contribution in [3.05, 3.63) is 0 Å². The Labute approximate surface area is 632 Å². The van der Waals surface area contributed by atoms with E-state index in [1.807, 2.05) is 0 Å². The van der Waals surface area contributed by atoms with Crippen molar-refractivity contribution < 1.29 is 80.2 Å². The molecule has 0 amide bonds. The van der Waals surface area contributed by atoms with E-state index in [1.54, 1.807) is 0 Å². The van der Waals surface area contributed by atoms with E-state index in [1.165, 1.54) is 283 Å². The summed E-state index contributed by atoms with van der Waals surface area (Å²) < 4.78 is 68.6. The predicted molar refractivity (Wildman–Crippen MR) is 423 cm³/mol. The number of esters is 4. The van der Waals surface area contributed by atoms with Gasteiger partial charge >= 0.3 is 39.5 Å². The predicted octanol–water partition coefficient (Wildman–Crippen LogP) is 25.7. The lowest BCUT2D eigenvalue weighted by Gasteiger charge is -2.21. The summed E-state index contributed by atoms with van der Waals surface area (Å²) in [7, 11) is -9.91. The number of carbonyl (C=O) groups is 4. The molecule has 0 aliphatic carbocycles. The first-order chi connectivity index (χ1) is 50.2. The third kappa shape index (κ3) is 78.0. The standard InChI is InChI=1S/C84H164O17P2/c1-5-9-13-17-20-23-26-29-32-35-37-39-41-43-46-48-51-54-57-61-65-69-82(87)95-75-80(101-84(89)71-67-63-59-56-53-50-47-44-42-40-38-36-33-30-27-24-21-18-14-10-6-2)77-99-103(92,93)97-73-78(85)72-96-102(90,91)98-76-79(74-94-81(86)68-64-60-16-12-8-4)100-83(88)70-66-62-58-55-52-49-45-34-31-28-25-22-19-15-11-7-3/h78-80,85H,5-77H2,1-4H3,(H,90,91)(H,92,93)/t78-,79+,80+/m0/s1. The first-order valence-corrected chi connectivity index (χ1v) is 46.8. The molecule has 0 aliphatic heterocycles. The lowest BCUT2D eigenvalue weighted by molar-refractivity contribution is -0.161. The van der Waals surface area contributed by atoms with E-state index in [0.29, 0.717) is 25.7 Å². The van der Waals surface area contributed by atoms with Crippen molar-refractivity contribution in [2.75, 3.05) is 39.6 Å². The largest absolute Gasteiger partial charge is 0.472 e. The van der Waals surface area contributed by atoms with Gasteiger partial charge in [0.25, 0.3) is 0 Å². The highest BCUT2D eigenvalue weighted by Gasteiger charge is 2.30. The molecule has 2 unspecified atom stereocenters. The van der Waals surface area contributed by atoms with Gasteiger partial charge in [-0.2, -0.15) is 0 Å². The smallest absolute Gasteiger partial charge is 0.462 e. The van der Waals surface area contributed by atoms with Crippen molar-refractivity contribution >= 4 is 39.5 Å². The second-order valence-corrected chi connectivity index (χ2v) is 33.1. The van der Waals surface area contributed by atoms with Crippen LogP contribution in [0.15, 0.2) is 0 Å². The summed E-state index contributed by atoms with van der Waals surface area (Å²) in [6, 6.07) is 0. The van der Waals surface area contributed by atoms with Crippen LogP contribution in [0.2, 0.25) is 0 Å². The zero-order valence-electron chi connectivity index (χ0n) is 67.3. The van der Waals surface area contributed by atoms with E-state index < -0.39 is 97.5 Å². The highest BCUT2D eigenvalue weighted by atomic mass is 31.2. The molecule has 0 aromatic rings. The number of unbranched alkanes of at least 4 members (excludes halogenated alkanes) is 59. The van der Waals surface area contributed by atoms with Crippen LogP contribution in [0.3, 0.4) is 0 Å². The van der Waals surface area contributed by atoms with Crippen molar-refractivity contribution in [2.45, 2.75) is 476 Å². The summed E-state index contributed by atoms with van der Waals surface area (Å²) in [6.45, 7) is 4.95. The maximum absolute atomic E-state index is 13.1. The summed E-state index contributed by atoms with van der Waals surface area (Å²) in [5, 5.41) is 10.6. The van der Waals surface area contributed by atoms with Gasteiger partial charge in [-0.15, -0.1) is 0 Å². The number of hydrogen-bond acceptors (Lipinski definition) is 15. The van der Waals surface area contributed by atoms with Gasteiger partial charge in [-0.3, -0.25) is 37.3 Å². The van der Waals surface area contributed by atoms with Gasteiger partial charge in [0.05, 0.1) is 26.4 Å². The Morgan fingerprint density at radius 1 is 0.233 bits per heavy atom. The number of rotatable bonds is 85. The number of carbonyl (C=O) groups excluding carboxylic acids is 4. The second-order valence-electron chi connectivity index (χ2n) is 30.2. The van der Waals surface area contributed by atoms with Crippen molar-refractivity contribution in [1.29, 1.82) is 0 Å². The first-order valence-electron chi connectivity index (χ1n) is 43.8. The van der Waals surface area contributed by atoms with Crippen molar-refractivity contribution in [3.8, 4) is 0 Å². The summed E-state index contributed by atoms with van der Waals surface area (Å²) in [4.78, 5) is 72.8. The Morgan fingerprint density at radius 2 is 0.388 bits per heavy atom. The van der Waals surface area contributed by atoms with Crippen LogP contribution in [0.25, 0.3) is 0 Å². The van der Waals surface area contributed by atoms with Gasteiger partial charge in [0.1, 0.15) is 19.3 Å². The molecule has 0 aliphatic rings. The molecule has 17 nitrogen and oxygen atoms in total. The van der Waals surface area contributed by atoms with E-state index in [0.717, 1.165) is 96.3 Å². The molecule has 0 bridgehead atoms. The molecule has 0 heterocycles. The van der Waals surface area contributed by atoms with Crippen molar-refractivity contribution in [1.82, 2.24) is 0 Å². The molecule has 0 radical (unpaired) electrons. The molecule has 0 aromatic heterocycles. The van der Waals surface area contributed by atoms with Crippen molar-refractivity contribution in [2.24, 2.45) is 0 Å². The summed E-state index contributed by atoms with van der Waals surface area (Å²) in [5.74, 6) is -2.11. The number of phosphoric acid groups is 2. The number of aliphatic hydroxyl groups excluding tert-OH is 1. The van der Waals surface area contributed by atoms with Gasteiger partial charge in [-0.05, 0) is 25.7 Å². The number of phosphoric ester groups is 2. The first kappa shape index (κ1) is 101. The summed E-state index contributed by atoms with van der Waals surface area (Å²) >= 11 is 0. The molecule has 0 fully saturated rings. The molecule has 103 heavy (non-hydrogen) atoms. The number of ether oxygens (including phenoxy) is 4. The molecule has 19 heteroatoms. The van der Waals surface area contributed by atoms with E-state index in [4.69, 9.17) is 37.0 Å². The Balaban J connectivity index is 5.10. The maximum Gasteiger partial charge on any atom is 0.472 e. The molecule has 3 N–H and O–H groups in total. The number of aliphatic hydroxyl groups is 1. The van der Waals surface area contributed by atoms with Crippen LogP contribution < -0.4 is 0 Å². The summed E-state index contributed by atoms with van der Waals surface area (Å²) in [5.41, 5.74) is 0. The molecule has 5 atom stereocenters. The van der Waals surface area contributed by atoms with Crippen LogP contribution in [-0.4, -0.2) is 96.7 Å². The van der Waals surface area contributed by atoms with Gasteiger partial charge < -0.3 is 33.8 Å². The quantitative estimate of drug-likeness (QED) is 0.0222. The van der Waals surface area contributed by atoms with Crippen LogP contribution in [0.4, 0.5) is 0 Å². The third-order valence-corrected chi connectivity index (χ3v) is 21.8. The zero-order chi connectivity index (χ0) is 75.3. The van der Waals surface area contributed by atoms with Crippen LogP contribution in [0, 0.1) is 0 Å². The minimum absolute atomic E-state index is 0.108. The second kappa shape index (κ2) is 78.2.